The summed E-state index contributed by atoms with van der Waals surface area (Å²) in [6.45, 7) is 4.95. The molecule has 2 N–H and O–H groups in total. The highest BCUT2D eigenvalue weighted by Gasteiger charge is 2.15. The van der Waals surface area contributed by atoms with Crippen molar-refractivity contribution in [3.63, 3.8) is 0 Å². The first-order chi connectivity index (χ1) is 3.84. The highest BCUT2D eigenvalue weighted by Crippen LogP contribution is 2.09. The van der Waals surface area contributed by atoms with Gasteiger partial charge in [0.05, 0.1) is 12.6 Å². The van der Waals surface area contributed by atoms with Crippen LogP contribution in [0.3, 0.4) is 0 Å². The Morgan fingerprint density at radius 3 is 2.88 bits per heavy atom. The van der Waals surface area contributed by atoms with Gasteiger partial charge >= 0.3 is 0 Å². The minimum Gasteiger partial charge on any atom is -0.394 e. The van der Waals surface area contributed by atoms with Crippen molar-refractivity contribution in [2.45, 2.75) is 12.5 Å². The third-order valence-electron chi connectivity index (χ3n) is 1.51. The topological polar surface area (TPSA) is 32.3 Å². The average Bonchev–Trinajstić information content (AvgIpc) is 2.14. The zero-order valence-corrected chi connectivity index (χ0v) is 4.85. The summed E-state index contributed by atoms with van der Waals surface area (Å²) in [6.07, 6.45) is 1.02. The monoisotopic (exact) mass is 113 g/mol. The Hall–Kier alpha value is -0.340. The molecular formula is C6H11NO. The van der Waals surface area contributed by atoms with E-state index in [-0.39, 0.29) is 12.6 Å². The molecule has 46 valence electrons. The van der Waals surface area contributed by atoms with Crippen LogP contribution >= 0.6 is 0 Å². The molecule has 0 bridgehead atoms. The summed E-state index contributed by atoms with van der Waals surface area (Å²) >= 11 is 0. The van der Waals surface area contributed by atoms with E-state index in [1.807, 2.05) is 0 Å². The summed E-state index contributed by atoms with van der Waals surface area (Å²) in [5.74, 6) is 0. The molecule has 8 heavy (non-hydrogen) atoms. The van der Waals surface area contributed by atoms with Gasteiger partial charge < -0.3 is 10.4 Å². The quantitative estimate of drug-likeness (QED) is 0.465. The summed E-state index contributed by atoms with van der Waals surface area (Å²) in [5.41, 5.74) is 1.13. The molecule has 0 aromatic carbocycles. The van der Waals surface area contributed by atoms with Crippen LogP contribution in [0.5, 0.6) is 0 Å². The maximum absolute atomic E-state index is 8.61. The molecule has 1 atom stereocenters. The van der Waals surface area contributed by atoms with Gasteiger partial charge in [0, 0.05) is 0 Å². The summed E-state index contributed by atoms with van der Waals surface area (Å²) in [6, 6.07) is 0.176. The number of nitrogens with one attached hydrogen (secondary N) is 1. The van der Waals surface area contributed by atoms with Gasteiger partial charge in [-0.15, -0.1) is 0 Å². The minimum atomic E-state index is 0.176. The van der Waals surface area contributed by atoms with Crippen LogP contribution in [0, 0.1) is 0 Å². The van der Waals surface area contributed by atoms with Gasteiger partial charge in [-0.1, -0.05) is 12.2 Å². The van der Waals surface area contributed by atoms with Crippen molar-refractivity contribution in [1.82, 2.24) is 5.32 Å². The third-order valence-corrected chi connectivity index (χ3v) is 1.51. The first kappa shape index (κ1) is 5.79. The van der Waals surface area contributed by atoms with E-state index in [4.69, 9.17) is 5.11 Å². The highest BCUT2D eigenvalue weighted by molar-refractivity contribution is 5.10. The maximum atomic E-state index is 8.61. The Bertz CT molecular complexity index is 101. The molecule has 0 aliphatic carbocycles. The Labute approximate surface area is 49.2 Å². The predicted molar refractivity (Wildman–Crippen MR) is 32.6 cm³/mol. The molecule has 2 heteroatoms. The molecule has 2 nitrogen and oxygen atoms in total. The molecule has 0 aromatic heterocycles. The fraction of sp³-hybridized carbons (Fsp3) is 0.667. The van der Waals surface area contributed by atoms with E-state index in [9.17, 15) is 0 Å². The molecule has 0 unspecified atom stereocenters. The number of aliphatic hydroxyl groups excluding tert-OH is 1. The minimum absolute atomic E-state index is 0.176. The summed E-state index contributed by atoms with van der Waals surface area (Å²) in [4.78, 5) is 0. The Morgan fingerprint density at radius 2 is 2.62 bits per heavy atom. The van der Waals surface area contributed by atoms with Crippen LogP contribution in [-0.2, 0) is 0 Å². The van der Waals surface area contributed by atoms with Crippen molar-refractivity contribution in [3.8, 4) is 0 Å². The summed E-state index contributed by atoms with van der Waals surface area (Å²) in [5, 5.41) is 11.7. The number of hydrogen-bond donors (Lipinski definition) is 2. The normalized spacial score (nSPS) is 29.1. The lowest BCUT2D eigenvalue weighted by molar-refractivity contribution is 0.270. The van der Waals surface area contributed by atoms with Crippen LogP contribution in [0.2, 0.25) is 0 Å². The van der Waals surface area contributed by atoms with Crippen molar-refractivity contribution in [3.05, 3.63) is 12.2 Å². The molecule has 1 fully saturated rings. The van der Waals surface area contributed by atoms with Crippen molar-refractivity contribution in [2.75, 3.05) is 13.2 Å². The molecule has 0 amide bonds. The fourth-order valence-electron chi connectivity index (χ4n) is 0.919. The van der Waals surface area contributed by atoms with Gasteiger partial charge in [0.1, 0.15) is 0 Å². The van der Waals surface area contributed by atoms with Gasteiger partial charge in [-0.05, 0) is 13.0 Å². The largest absolute Gasteiger partial charge is 0.394 e. The number of rotatable bonds is 1. The van der Waals surface area contributed by atoms with Crippen molar-refractivity contribution in [1.29, 1.82) is 0 Å². The number of aliphatic hydroxyl groups is 1. The maximum Gasteiger partial charge on any atom is 0.0623 e. The van der Waals surface area contributed by atoms with E-state index in [0.717, 1.165) is 18.5 Å². The van der Waals surface area contributed by atoms with E-state index >= 15 is 0 Å². The molecule has 0 saturated carbocycles. The smallest absolute Gasteiger partial charge is 0.0623 e. The van der Waals surface area contributed by atoms with Crippen LogP contribution < -0.4 is 5.32 Å². The lowest BCUT2D eigenvalue weighted by atomic mass is 10.1. The first-order valence-electron chi connectivity index (χ1n) is 2.86. The van der Waals surface area contributed by atoms with Crippen LogP contribution in [0.25, 0.3) is 0 Å². The van der Waals surface area contributed by atoms with Crippen molar-refractivity contribution < 1.29 is 5.11 Å². The van der Waals surface area contributed by atoms with Gasteiger partial charge in [-0.25, -0.2) is 0 Å². The molecule has 0 spiro atoms. The van der Waals surface area contributed by atoms with Crippen LogP contribution in [0.15, 0.2) is 12.2 Å². The SMILES string of the molecule is C=C1CCN[C@@H]1CO. The van der Waals surface area contributed by atoms with Crippen molar-refractivity contribution in [2.24, 2.45) is 0 Å². The Morgan fingerprint density at radius 1 is 1.88 bits per heavy atom. The molecule has 1 aliphatic rings. The molecule has 1 saturated heterocycles. The van der Waals surface area contributed by atoms with Crippen LogP contribution in [-0.4, -0.2) is 24.3 Å². The number of hydrogen-bond acceptors (Lipinski definition) is 2. The second-order valence-corrected chi connectivity index (χ2v) is 2.10. The Balaban J connectivity index is 2.42. The molecule has 0 radical (unpaired) electrons. The summed E-state index contributed by atoms with van der Waals surface area (Å²) in [7, 11) is 0. The second-order valence-electron chi connectivity index (χ2n) is 2.10. The van der Waals surface area contributed by atoms with Crippen LogP contribution in [0.4, 0.5) is 0 Å². The van der Waals surface area contributed by atoms with E-state index in [1.165, 1.54) is 0 Å². The lowest BCUT2D eigenvalue weighted by Gasteiger charge is -2.04. The summed E-state index contributed by atoms with van der Waals surface area (Å²) < 4.78 is 0. The van der Waals surface area contributed by atoms with Gasteiger partial charge in [0.2, 0.25) is 0 Å². The fourth-order valence-corrected chi connectivity index (χ4v) is 0.919. The zero-order chi connectivity index (χ0) is 5.98. The van der Waals surface area contributed by atoms with Gasteiger partial charge in [-0.3, -0.25) is 0 Å². The molecule has 1 heterocycles. The lowest BCUT2D eigenvalue weighted by Crippen LogP contribution is -2.25. The van der Waals surface area contributed by atoms with E-state index < -0.39 is 0 Å². The second kappa shape index (κ2) is 2.29. The third kappa shape index (κ3) is 0.904. The first-order valence-corrected chi connectivity index (χ1v) is 2.86. The Kier molecular flexibility index (Phi) is 1.65. The standard InChI is InChI=1S/C6H11NO/c1-5-2-3-7-6(5)4-8/h6-8H,1-4H2/t6-/m1/s1. The van der Waals surface area contributed by atoms with Gasteiger partial charge in [0.25, 0.3) is 0 Å². The molecular weight excluding hydrogens is 102 g/mol. The molecule has 1 rings (SSSR count). The predicted octanol–water partition coefficient (Wildman–Crippen LogP) is -0.103. The molecule has 1 aliphatic heterocycles. The van der Waals surface area contributed by atoms with Gasteiger partial charge in [0.15, 0.2) is 0 Å². The zero-order valence-electron chi connectivity index (χ0n) is 4.85. The van der Waals surface area contributed by atoms with Gasteiger partial charge in [-0.2, -0.15) is 0 Å². The van der Waals surface area contributed by atoms with Crippen LogP contribution in [0.1, 0.15) is 6.42 Å². The molecule has 0 aromatic rings. The van der Waals surface area contributed by atoms with E-state index in [2.05, 4.69) is 11.9 Å². The van der Waals surface area contributed by atoms with E-state index in [1.54, 1.807) is 0 Å². The average molecular weight is 113 g/mol. The van der Waals surface area contributed by atoms with Crippen molar-refractivity contribution >= 4 is 0 Å². The van der Waals surface area contributed by atoms with E-state index in [0.29, 0.717) is 0 Å². The highest BCUT2D eigenvalue weighted by atomic mass is 16.3.